The molecule has 1 aromatic carbocycles. The molecule has 1 N–H and O–H groups in total. The summed E-state index contributed by atoms with van der Waals surface area (Å²) in [5.74, 6) is -0.860. The summed E-state index contributed by atoms with van der Waals surface area (Å²) in [4.78, 5) is 12.5. The van der Waals surface area contributed by atoms with Crippen molar-refractivity contribution in [2.24, 2.45) is 0 Å². The smallest absolute Gasteiger partial charge is 0.260 e. The fourth-order valence-electron chi connectivity index (χ4n) is 1.49. The van der Waals surface area contributed by atoms with Gasteiger partial charge in [0, 0.05) is 18.3 Å². The first-order valence-electron chi connectivity index (χ1n) is 3.86. The molecule has 0 saturated heterocycles. The molecular weight excluding hydrogens is 173 g/mol. The number of rotatable bonds is 0. The van der Waals surface area contributed by atoms with Gasteiger partial charge in [0.05, 0.1) is 0 Å². The van der Waals surface area contributed by atoms with E-state index < -0.39 is 17.8 Å². The Bertz CT molecular complexity index is 378. The van der Waals surface area contributed by atoms with Gasteiger partial charge in [-0.3, -0.25) is 4.79 Å². The molecule has 0 fully saturated rings. The van der Waals surface area contributed by atoms with E-state index in [4.69, 9.17) is 0 Å². The summed E-state index contributed by atoms with van der Waals surface area (Å²) < 4.78 is 12.7. The van der Waals surface area contributed by atoms with E-state index >= 15 is 0 Å². The van der Waals surface area contributed by atoms with Gasteiger partial charge in [-0.1, -0.05) is 0 Å². The second-order valence-electron chi connectivity index (χ2n) is 3.00. The van der Waals surface area contributed by atoms with Crippen LogP contribution in [0.2, 0.25) is 0 Å². The zero-order valence-electron chi connectivity index (χ0n) is 6.99. The van der Waals surface area contributed by atoms with E-state index in [1.54, 1.807) is 7.05 Å². The van der Waals surface area contributed by atoms with Crippen LogP contribution in [0.4, 0.5) is 10.1 Å². The van der Waals surface area contributed by atoms with Gasteiger partial charge >= 0.3 is 0 Å². The lowest BCUT2D eigenvalue weighted by atomic mass is 10.1. The summed E-state index contributed by atoms with van der Waals surface area (Å²) in [5.41, 5.74) is 0.909. The van der Waals surface area contributed by atoms with Crippen molar-refractivity contribution in [2.75, 3.05) is 11.9 Å². The van der Waals surface area contributed by atoms with Crippen LogP contribution in [0.1, 0.15) is 11.7 Å². The van der Waals surface area contributed by atoms with E-state index in [1.165, 1.54) is 23.1 Å². The maximum atomic E-state index is 12.7. The van der Waals surface area contributed by atoms with Crippen molar-refractivity contribution in [3.8, 4) is 0 Å². The van der Waals surface area contributed by atoms with Crippen LogP contribution in [0.25, 0.3) is 0 Å². The number of aliphatic hydroxyl groups excluding tert-OH is 1. The number of carbonyl (C=O) groups is 1. The monoisotopic (exact) mass is 181 g/mol. The molecule has 2 rings (SSSR count). The highest BCUT2D eigenvalue weighted by Crippen LogP contribution is 2.34. The van der Waals surface area contributed by atoms with E-state index in [-0.39, 0.29) is 0 Å². The van der Waals surface area contributed by atoms with Gasteiger partial charge < -0.3 is 10.0 Å². The number of aliphatic hydroxyl groups is 1. The van der Waals surface area contributed by atoms with Crippen molar-refractivity contribution in [3.63, 3.8) is 0 Å². The number of fused-ring (bicyclic) bond motifs is 1. The fourth-order valence-corrected chi connectivity index (χ4v) is 1.49. The maximum absolute atomic E-state index is 12.7. The quantitative estimate of drug-likeness (QED) is 0.644. The molecule has 0 aliphatic carbocycles. The molecule has 1 atom stereocenters. The number of anilines is 1. The van der Waals surface area contributed by atoms with Crippen LogP contribution in [-0.2, 0) is 4.79 Å². The zero-order valence-corrected chi connectivity index (χ0v) is 6.99. The van der Waals surface area contributed by atoms with Crippen LogP contribution >= 0.6 is 0 Å². The molecule has 3 nitrogen and oxygen atoms in total. The maximum Gasteiger partial charge on any atom is 0.260 e. The Hall–Kier alpha value is -1.42. The van der Waals surface area contributed by atoms with Gasteiger partial charge in [-0.25, -0.2) is 4.39 Å². The third kappa shape index (κ3) is 1.02. The molecule has 0 unspecified atom stereocenters. The predicted molar refractivity (Wildman–Crippen MR) is 44.8 cm³/mol. The van der Waals surface area contributed by atoms with Crippen LogP contribution in [0.3, 0.4) is 0 Å². The molecule has 0 spiro atoms. The number of amides is 1. The second kappa shape index (κ2) is 2.53. The van der Waals surface area contributed by atoms with Crippen molar-refractivity contribution >= 4 is 11.6 Å². The molecule has 13 heavy (non-hydrogen) atoms. The molecular formula is C9H8FNO2. The summed E-state index contributed by atoms with van der Waals surface area (Å²) in [6, 6.07) is 3.93. The number of hydrogen-bond donors (Lipinski definition) is 1. The van der Waals surface area contributed by atoms with Crippen LogP contribution in [0.5, 0.6) is 0 Å². The molecule has 1 aromatic rings. The van der Waals surface area contributed by atoms with E-state index in [1.807, 2.05) is 0 Å². The Labute approximate surface area is 74.4 Å². The van der Waals surface area contributed by atoms with Crippen LogP contribution in [0, 0.1) is 5.82 Å². The third-order valence-electron chi connectivity index (χ3n) is 2.21. The highest BCUT2D eigenvalue weighted by molar-refractivity contribution is 6.03. The summed E-state index contributed by atoms with van der Waals surface area (Å²) in [6.07, 6.45) is -1.21. The minimum Gasteiger partial charge on any atom is -0.378 e. The Morgan fingerprint density at radius 2 is 2.23 bits per heavy atom. The van der Waals surface area contributed by atoms with Crippen LogP contribution in [0.15, 0.2) is 18.2 Å². The Balaban J connectivity index is 2.60. The summed E-state index contributed by atoms with van der Waals surface area (Å²) in [7, 11) is 1.55. The molecule has 1 heterocycles. The molecule has 4 heteroatoms. The average molecular weight is 181 g/mol. The predicted octanol–water partition coefficient (Wildman–Crippen LogP) is 0.836. The molecule has 1 aliphatic heterocycles. The van der Waals surface area contributed by atoms with E-state index in [0.717, 1.165) is 0 Å². The number of halogens is 1. The minimum absolute atomic E-state index is 0.340. The van der Waals surface area contributed by atoms with Gasteiger partial charge in [0.2, 0.25) is 0 Å². The fraction of sp³-hybridized carbons (Fsp3) is 0.222. The molecule has 1 amide bonds. The van der Waals surface area contributed by atoms with E-state index in [2.05, 4.69) is 0 Å². The molecule has 0 radical (unpaired) electrons. The van der Waals surface area contributed by atoms with E-state index in [9.17, 15) is 14.3 Å². The first-order valence-corrected chi connectivity index (χ1v) is 3.86. The SMILES string of the molecule is CN1C(=O)[C@@H](O)c2cc(F)ccc21. The Morgan fingerprint density at radius 1 is 1.54 bits per heavy atom. The molecule has 0 saturated carbocycles. The van der Waals surface area contributed by atoms with E-state index in [0.29, 0.717) is 11.3 Å². The lowest BCUT2D eigenvalue weighted by Crippen LogP contribution is -2.23. The number of hydrogen-bond acceptors (Lipinski definition) is 2. The molecule has 0 bridgehead atoms. The first-order chi connectivity index (χ1) is 6.11. The number of benzene rings is 1. The van der Waals surface area contributed by atoms with Crippen molar-refractivity contribution in [3.05, 3.63) is 29.6 Å². The normalized spacial score (nSPS) is 20.7. The zero-order chi connectivity index (χ0) is 9.59. The van der Waals surface area contributed by atoms with Gasteiger partial charge in [0.1, 0.15) is 5.82 Å². The molecule has 0 aromatic heterocycles. The number of carbonyl (C=O) groups excluding carboxylic acids is 1. The molecule has 68 valence electrons. The van der Waals surface area contributed by atoms with Crippen molar-refractivity contribution in [1.29, 1.82) is 0 Å². The lowest BCUT2D eigenvalue weighted by molar-refractivity contribution is -0.125. The van der Waals surface area contributed by atoms with Crippen LogP contribution < -0.4 is 4.90 Å². The van der Waals surface area contributed by atoms with Gasteiger partial charge in [-0.2, -0.15) is 0 Å². The number of likely N-dealkylation sites (N-methyl/N-ethyl adjacent to an activating group) is 1. The minimum atomic E-state index is -1.21. The average Bonchev–Trinajstić information content (AvgIpc) is 2.32. The van der Waals surface area contributed by atoms with Crippen LogP contribution in [-0.4, -0.2) is 18.1 Å². The highest BCUT2D eigenvalue weighted by atomic mass is 19.1. The summed E-state index contributed by atoms with van der Waals surface area (Å²) in [6.45, 7) is 0. The number of nitrogens with zero attached hydrogens (tertiary/aromatic N) is 1. The van der Waals surface area contributed by atoms with Crippen molar-refractivity contribution in [2.45, 2.75) is 6.10 Å². The standard InChI is InChI=1S/C9H8FNO2/c1-11-7-3-2-5(10)4-6(7)8(12)9(11)13/h2-4,8,12H,1H3/t8-/m0/s1. The van der Waals surface area contributed by atoms with Gasteiger partial charge in [-0.15, -0.1) is 0 Å². The van der Waals surface area contributed by atoms with Gasteiger partial charge in [0.15, 0.2) is 6.10 Å². The highest BCUT2D eigenvalue weighted by Gasteiger charge is 2.33. The molecule has 1 aliphatic rings. The second-order valence-corrected chi connectivity index (χ2v) is 3.00. The third-order valence-corrected chi connectivity index (χ3v) is 2.21. The van der Waals surface area contributed by atoms with Gasteiger partial charge in [-0.05, 0) is 18.2 Å². The Morgan fingerprint density at radius 3 is 2.92 bits per heavy atom. The largest absolute Gasteiger partial charge is 0.378 e. The van der Waals surface area contributed by atoms with Crippen molar-refractivity contribution in [1.82, 2.24) is 0 Å². The first kappa shape index (κ1) is 8.19. The topological polar surface area (TPSA) is 40.5 Å². The summed E-state index contributed by atoms with van der Waals surface area (Å²) in [5, 5.41) is 9.39. The van der Waals surface area contributed by atoms with Crippen molar-refractivity contribution < 1.29 is 14.3 Å². The summed E-state index contributed by atoms with van der Waals surface area (Å²) >= 11 is 0. The van der Waals surface area contributed by atoms with Gasteiger partial charge in [0.25, 0.3) is 5.91 Å². The lowest BCUT2D eigenvalue weighted by Gasteiger charge is -2.08. The Kier molecular flexibility index (Phi) is 1.60.